The quantitative estimate of drug-likeness (QED) is 0.726. The van der Waals surface area contributed by atoms with Crippen LogP contribution >= 0.6 is 0 Å². The van der Waals surface area contributed by atoms with Crippen molar-refractivity contribution in [3.05, 3.63) is 83.7 Å². The molecule has 2 aromatic carbocycles. The van der Waals surface area contributed by atoms with E-state index in [4.69, 9.17) is 0 Å². The van der Waals surface area contributed by atoms with Crippen molar-refractivity contribution >= 4 is 0 Å². The summed E-state index contributed by atoms with van der Waals surface area (Å²) in [4.78, 5) is 2.19. The summed E-state index contributed by atoms with van der Waals surface area (Å²) in [5.41, 5.74) is 2.20. The van der Waals surface area contributed by atoms with Crippen molar-refractivity contribution in [3.8, 4) is 0 Å². The van der Waals surface area contributed by atoms with Crippen LogP contribution in [0.2, 0.25) is 0 Å². The molecule has 1 heterocycles. The molecule has 118 valence electrons. The van der Waals surface area contributed by atoms with Crippen LogP contribution in [-0.4, -0.2) is 26.7 Å². The number of aryl methyl sites for hydroxylation is 1. The highest BCUT2D eigenvalue weighted by molar-refractivity contribution is 5.32. The Bertz CT molecular complexity index is 752. The Balaban J connectivity index is 1.94. The molecule has 23 heavy (non-hydrogen) atoms. The second-order valence-electron chi connectivity index (χ2n) is 5.64. The minimum Gasteiger partial charge on any atom is -0.320 e. The summed E-state index contributed by atoms with van der Waals surface area (Å²) in [7, 11) is 3.97. The molecule has 5 heteroatoms. The van der Waals surface area contributed by atoms with Gasteiger partial charge in [0.15, 0.2) is 0 Å². The molecule has 0 bridgehead atoms. The molecule has 0 aliphatic carbocycles. The van der Waals surface area contributed by atoms with Gasteiger partial charge >= 0.3 is 0 Å². The van der Waals surface area contributed by atoms with Gasteiger partial charge in [-0.15, -0.1) is 10.2 Å². The van der Waals surface area contributed by atoms with Crippen molar-refractivity contribution in [1.29, 1.82) is 0 Å². The maximum Gasteiger partial charge on any atom is 0.146 e. The monoisotopic (exact) mass is 310 g/mol. The fourth-order valence-electron chi connectivity index (χ4n) is 2.75. The SMILES string of the molecule is CN(Cc1nncn1C)[C@@H](c1ccccc1)c1ccc(F)cc1. The normalized spacial score (nSPS) is 12.5. The molecule has 3 rings (SSSR count). The molecule has 0 aliphatic rings. The van der Waals surface area contributed by atoms with Gasteiger partial charge in [-0.3, -0.25) is 4.90 Å². The number of halogens is 1. The van der Waals surface area contributed by atoms with E-state index in [2.05, 4.69) is 27.2 Å². The molecule has 1 atom stereocenters. The van der Waals surface area contributed by atoms with Crippen molar-refractivity contribution < 1.29 is 4.39 Å². The Morgan fingerprint density at radius 2 is 1.70 bits per heavy atom. The van der Waals surface area contributed by atoms with Crippen LogP contribution in [-0.2, 0) is 13.6 Å². The van der Waals surface area contributed by atoms with E-state index >= 15 is 0 Å². The van der Waals surface area contributed by atoms with E-state index in [1.165, 1.54) is 12.1 Å². The summed E-state index contributed by atoms with van der Waals surface area (Å²) in [6.07, 6.45) is 1.69. The van der Waals surface area contributed by atoms with Gasteiger partial charge in [0, 0.05) is 7.05 Å². The first-order chi connectivity index (χ1) is 11.1. The van der Waals surface area contributed by atoms with E-state index in [0.717, 1.165) is 17.0 Å². The third-order valence-corrected chi connectivity index (χ3v) is 3.94. The van der Waals surface area contributed by atoms with Crippen LogP contribution in [0.25, 0.3) is 0 Å². The first kappa shape index (κ1) is 15.4. The third-order valence-electron chi connectivity index (χ3n) is 3.94. The Kier molecular flexibility index (Phi) is 4.48. The van der Waals surface area contributed by atoms with Crippen LogP contribution in [0.4, 0.5) is 4.39 Å². The van der Waals surface area contributed by atoms with Crippen molar-refractivity contribution in [3.63, 3.8) is 0 Å². The topological polar surface area (TPSA) is 34.0 Å². The van der Waals surface area contributed by atoms with Crippen molar-refractivity contribution in [2.45, 2.75) is 12.6 Å². The smallest absolute Gasteiger partial charge is 0.146 e. The van der Waals surface area contributed by atoms with Crippen LogP contribution in [0, 0.1) is 5.82 Å². The van der Waals surface area contributed by atoms with E-state index in [-0.39, 0.29) is 11.9 Å². The highest BCUT2D eigenvalue weighted by Gasteiger charge is 2.20. The average Bonchev–Trinajstić information content (AvgIpc) is 2.96. The Morgan fingerprint density at radius 3 is 2.30 bits per heavy atom. The lowest BCUT2D eigenvalue weighted by Gasteiger charge is -2.28. The van der Waals surface area contributed by atoms with Crippen LogP contribution in [0.15, 0.2) is 60.9 Å². The fraction of sp³-hybridized carbons (Fsp3) is 0.222. The predicted octanol–water partition coefficient (Wildman–Crippen LogP) is 3.18. The van der Waals surface area contributed by atoms with Gasteiger partial charge in [0.05, 0.1) is 12.6 Å². The molecule has 0 unspecified atom stereocenters. The molecule has 1 aromatic heterocycles. The van der Waals surface area contributed by atoms with Crippen LogP contribution in [0.3, 0.4) is 0 Å². The first-order valence-corrected chi connectivity index (χ1v) is 7.48. The van der Waals surface area contributed by atoms with E-state index in [1.54, 1.807) is 6.33 Å². The summed E-state index contributed by atoms with van der Waals surface area (Å²) in [5, 5.41) is 8.08. The second-order valence-corrected chi connectivity index (χ2v) is 5.64. The van der Waals surface area contributed by atoms with Gasteiger partial charge in [-0.05, 0) is 30.3 Å². The molecular weight excluding hydrogens is 291 g/mol. The van der Waals surface area contributed by atoms with Gasteiger partial charge in [0.25, 0.3) is 0 Å². The van der Waals surface area contributed by atoms with Gasteiger partial charge in [-0.2, -0.15) is 0 Å². The summed E-state index contributed by atoms with van der Waals surface area (Å²) in [6, 6.07) is 16.9. The number of hydrogen-bond acceptors (Lipinski definition) is 3. The van der Waals surface area contributed by atoms with Gasteiger partial charge < -0.3 is 4.57 Å². The summed E-state index contributed by atoms with van der Waals surface area (Å²) in [6.45, 7) is 0.646. The van der Waals surface area contributed by atoms with Gasteiger partial charge in [0.1, 0.15) is 18.0 Å². The molecule has 0 radical (unpaired) electrons. The lowest BCUT2D eigenvalue weighted by Crippen LogP contribution is -2.26. The van der Waals surface area contributed by atoms with E-state index in [1.807, 2.05) is 49.0 Å². The molecule has 0 spiro atoms. The molecule has 4 nitrogen and oxygen atoms in total. The van der Waals surface area contributed by atoms with Crippen LogP contribution in [0.5, 0.6) is 0 Å². The van der Waals surface area contributed by atoms with Crippen molar-refractivity contribution in [2.75, 3.05) is 7.05 Å². The third kappa shape index (κ3) is 3.46. The lowest BCUT2D eigenvalue weighted by atomic mass is 9.97. The molecular formula is C18H19FN4. The highest BCUT2D eigenvalue weighted by atomic mass is 19.1. The molecule has 0 N–H and O–H groups in total. The predicted molar refractivity (Wildman–Crippen MR) is 87.2 cm³/mol. The Hall–Kier alpha value is -2.53. The maximum absolute atomic E-state index is 13.3. The summed E-state index contributed by atoms with van der Waals surface area (Å²) < 4.78 is 15.2. The first-order valence-electron chi connectivity index (χ1n) is 7.48. The van der Waals surface area contributed by atoms with Gasteiger partial charge in [-0.1, -0.05) is 42.5 Å². The van der Waals surface area contributed by atoms with E-state index in [9.17, 15) is 4.39 Å². The summed E-state index contributed by atoms with van der Waals surface area (Å²) in [5.74, 6) is 0.659. The number of aromatic nitrogens is 3. The standard InChI is InChI=1S/C18H19FN4/c1-22(12-17-21-20-13-23(17)2)18(14-6-4-3-5-7-14)15-8-10-16(19)11-9-15/h3-11,13,18H,12H2,1-2H3/t18-/m0/s1. The minimum atomic E-state index is -0.225. The second kappa shape index (κ2) is 6.71. The number of nitrogens with zero attached hydrogens (tertiary/aromatic N) is 4. The Morgan fingerprint density at radius 1 is 1.04 bits per heavy atom. The number of rotatable bonds is 5. The minimum absolute atomic E-state index is 0.0218. The number of hydrogen-bond donors (Lipinski definition) is 0. The van der Waals surface area contributed by atoms with Crippen molar-refractivity contribution in [1.82, 2.24) is 19.7 Å². The van der Waals surface area contributed by atoms with Gasteiger partial charge in [-0.25, -0.2) is 4.39 Å². The van der Waals surface area contributed by atoms with Crippen LogP contribution in [0.1, 0.15) is 23.0 Å². The molecule has 0 fully saturated rings. The summed E-state index contributed by atoms with van der Waals surface area (Å²) >= 11 is 0. The zero-order valence-corrected chi connectivity index (χ0v) is 13.2. The molecule has 0 aliphatic heterocycles. The molecule has 3 aromatic rings. The zero-order chi connectivity index (χ0) is 16.2. The van der Waals surface area contributed by atoms with Crippen molar-refractivity contribution in [2.24, 2.45) is 7.05 Å². The lowest BCUT2D eigenvalue weighted by molar-refractivity contribution is 0.260. The largest absolute Gasteiger partial charge is 0.320 e. The Labute approximate surface area is 135 Å². The highest BCUT2D eigenvalue weighted by Crippen LogP contribution is 2.28. The van der Waals surface area contributed by atoms with E-state index in [0.29, 0.717) is 6.54 Å². The maximum atomic E-state index is 13.3. The fourth-order valence-corrected chi connectivity index (χ4v) is 2.75. The number of benzene rings is 2. The molecule has 0 saturated carbocycles. The molecule has 0 amide bonds. The van der Waals surface area contributed by atoms with Gasteiger partial charge in [0.2, 0.25) is 0 Å². The van der Waals surface area contributed by atoms with Crippen LogP contribution < -0.4 is 0 Å². The zero-order valence-electron chi connectivity index (χ0n) is 13.2. The average molecular weight is 310 g/mol. The van der Waals surface area contributed by atoms with E-state index < -0.39 is 0 Å². The molecule has 0 saturated heterocycles.